The third-order valence-corrected chi connectivity index (χ3v) is 6.38. The van der Waals surface area contributed by atoms with Gasteiger partial charge in [0.15, 0.2) is 0 Å². The summed E-state index contributed by atoms with van der Waals surface area (Å²) in [6, 6.07) is 4.38. The third-order valence-electron chi connectivity index (χ3n) is 5.52. The first-order valence-corrected chi connectivity index (χ1v) is 10.7. The van der Waals surface area contributed by atoms with Gasteiger partial charge in [-0.05, 0) is 37.6 Å². The van der Waals surface area contributed by atoms with Crippen molar-refractivity contribution in [2.45, 2.75) is 38.8 Å². The molecule has 2 aliphatic heterocycles. The number of nitrogens with zero attached hydrogens (tertiary/aromatic N) is 5. The molecule has 0 saturated carbocycles. The summed E-state index contributed by atoms with van der Waals surface area (Å²) in [5.41, 5.74) is 0. The van der Waals surface area contributed by atoms with Crippen LogP contribution in [0, 0.1) is 0 Å². The Balaban J connectivity index is 1.24. The maximum Gasteiger partial charge on any atom is 0.241 e. The normalized spacial score (nSPS) is 22.3. The summed E-state index contributed by atoms with van der Waals surface area (Å²) in [4.78, 5) is 24.8. The summed E-state index contributed by atoms with van der Waals surface area (Å²) in [7, 11) is 0. The predicted molar refractivity (Wildman–Crippen MR) is 104 cm³/mol. The molecule has 27 heavy (non-hydrogen) atoms. The SMILES string of the molecule is CC1CCCCN1C(=O)CN1CCN(Cc2nc(-c3cccs3)no2)CC1. The van der Waals surface area contributed by atoms with Gasteiger partial charge in [0.2, 0.25) is 17.6 Å². The fourth-order valence-electron chi connectivity index (χ4n) is 3.87. The fraction of sp³-hybridized carbons (Fsp3) is 0.632. The molecule has 0 aliphatic carbocycles. The highest BCUT2D eigenvalue weighted by molar-refractivity contribution is 7.13. The maximum absolute atomic E-state index is 12.6. The fourth-order valence-corrected chi connectivity index (χ4v) is 4.52. The summed E-state index contributed by atoms with van der Waals surface area (Å²) in [6.07, 6.45) is 3.52. The van der Waals surface area contributed by atoms with E-state index in [2.05, 4.69) is 31.8 Å². The molecule has 0 radical (unpaired) electrons. The minimum atomic E-state index is 0.285. The summed E-state index contributed by atoms with van der Waals surface area (Å²) < 4.78 is 5.40. The van der Waals surface area contributed by atoms with Gasteiger partial charge >= 0.3 is 0 Å². The van der Waals surface area contributed by atoms with Crippen LogP contribution in [0.25, 0.3) is 10.7 Å². The van der Waals surface area contributed by atoms with Crippen molar-refractivity contribution in [3.8, 4) is 10.7 Å². The molecule has 1 amide bonds. The Bertz CT molecular complexity index is 739. The highest BCUT2D eigenvalue weighted by Gasteiger charge is 2.26. The van der Waals surface area contributed by atoms with Crippen molar-refractivity contribution in [2.75, 3.05) is 39.3 Å². The van der Waals surface area contributed by atoms with Gasteiger partial charge in [-0.25, -0.2) is 0 Å². The second-order valence-electron chi connectivity index (χ2n) is 7.47. The minimum Gasteiger partial charge on any atom is -0.339 e. The monoisotopic (exact) mass is 389 g/mol. The van der Waals surface area contributed by atoms with E-state index in [4.69, 9.17) is 4.52 Å². The molecular weight excluding hydrogens is 362 g/mol. The molecule has 8 heteroatoms. The van der Waals surface area contributed by atoms with Crippen LogP contribution < -0.4 is 0 Å². The average Bonchev–Trinajstić information content (AvgIpc) is 3.35. The zero-order valence-electron chi connectivity index (χ0n) is 15.8. The summed E-state index contributed by atoms with van der Waals surface area (Å²) in [5.74, 6) is 1.61. The molecule has 4 rings (SSSR count). The number of likely N-dealkylation sites (tertiary alicyclic amines) is 1. The average molecular weight is 390 g/mol. The quantitative estimate of drug-likeness (QED) is 0.782. The third kappa shape index (κ3) is 4.56. The lowest BCUT2D eigenvalue weighted by Crippen LogP contribution is -2.51. The van der Waals surface area contributed by atoms with Gasteiger partial charge < -0.3 is 9.42 Å². The Morgan fingerprint density at radius 3 is 2.78 bits per heavy atom. The standard InChI is InChI=1S/C19H27N5O2S/c1-15-5-2-3-7-24(15)18(25)14-23-10-8-22(9-11-23)13-17-20-19(21-26-17)16-6-4-12-27-16/h4,6,12,15H,2-3,5,7-11,13-14H2,1H3. The number of hydrogen-bond donors (Lipinski definition) is 0. The molecule has 1 unspecified atom stereocenters. The van der Waals surface area contributed by atoms with Crippen molar-refractivity contribution >= 4 is 17.2 Å². The van der Waals surface area contributed by atoms with Crippen LogP contribution in [0.1, 0.15) is 32.1 Å². The van der Waals surface area contributed by atoms with E-state index in [1.165, 1.54) is 6.42 Å². The molecule has 2 aromatic rings. The van der Waals surface area contributed by atoms with Crippen LogP contribution in [0.3, 0.4) is 0 Å². The van der Waals surface area contributed by atoms with Crippen LogP contribution in [0.4, 0.5) is 0 Å². The number of amides is 1. The van der Waals surface area contributed by atoms with E-state index in [1.807, 2.05) is 17.5 Å². The highest BCUT2D eigenvalue weighted by atomic mass is 32.1. The molecular formula is C19H27N5O2S. The zero-order chi connectivity index (χ0) is 18.6. The second-order valence-corrected chi connectivity index (χ2v) is 8.42. The summed E-state index contributed by atoms with van der Waals surface area (Å²) >= 11 is 1.61. The van der Waals surface area contributed by atoms with Crippen LogP contribution in [0.2, 0.25) is 0 Å². The number of piperazine rings is 1. The minimum absolute atomic E-state index is 0.285. The smallest absolute Gasteiger partial charge is 0.241 e. The molecule has 0 spiro atoms. The van der Waals surface area contributed by atoms with E-state index in [0.29, 0.717) is 30.8 Å². The topological polar surface area (TPSA) is 65.7 Å². The highest BCUT2D eigenvalue weighted by Crippen LogP contribution is 2.22. The summed E-state index contributed by atoms with van der Waals surface area (Å²) in [5, 5.41) is 6.08. The molecule has 0 bridgehead atoms. The van der Waals surface area contributed by atoms with Crippen molar-refractivity contribution in [3.63, 3.8) is 0 Å². The molecule has 146 valence electrons. The van der Waals surface area contributed by atoms with E-state index in [0.717, 1.165) is 50.4 Å². The Morgan fingerprint density at radius 2 is 2.04 bits per heavy atom. The van der Waals surface area contributed by atoms with Crippen LogP contribution >= 0.6 is 11.3 Å². The van der Waals surface area contributed by atoms with Crippen LogP contribution in [0.15, 0.2) is 22.0 Å². The zero-order valence-corrected chi connectivity index (χ0v) is 16.7. The van der Waals surface area contributed by atoms with Gasteiger partial charge in [-0.3, -0.25) is 14.6 Å². The molecule has 1 atom stereocenters. The first-order chi connectivity index (χ1) is 13.2. The van der Waals surface area contributed by atoms with Crippen LogP contribution in [-0.2, 0) is 11.3 Å². The van der Waals surface area contributed by atoms with E-state index >= 15 is 0 Å². The largest absolute Gasteiger partial charge is 0.339 e. The molecule has 0 aromatic carbocycles. The Morgan fingerprint density at radius 1 is 1.22 bits per heavy atom. The lowest BCUT2D eigenvalue weighted by atomic mass is 10.0. The van der Waals surface area contributed by atoms with Gasteiger partial charge in [0.1, 0.15) is 0 Å². The number of carbonyl (C=O) groups excluding carboxylic acids is 1. The van der Waals surface area contributed by atoms with Crippen molar-refractivity contribution in [3.05, 3.63) is 23.4 Å². The second kappa shape index (κ2) is 8.50. The van der Waals surface area contributed by atoms with Crippen LogP contribution in [-0.4, -0.2) is 76.1 Å². The maximum atomic E-state index is 12.6. The molecule has 2 aromatic heterocycles. The number of aromatic nitrogens is 2. The molecule has 4 heterocycles. The molecule has 2 fully saturated rings. The lowest BCUT2D eigenvalue weighted by Gasteiger charge is -2.37. The molecule has 0 N–H and O–H groups in total. The van der Waals surface area contributed by atoms with E-state index < -0.39 is 0 Å². The van der Waals surface area contributed by atoms with Crippen LogP contribution in [0.5, 0.6) is 0 Å². The number of piperidine rings is 1. The van der Waals surface area contributed by atoms with Crippen molar-refractivity contribution in [1.82, 2.24) is 24.8 Å². The first kappa shape index (κ1) is 18.6. The molecule has 2 saturated heterocycles. The number of rotatable bonds is 5. The van der Waals surface area contributed by atoms with Gasteiger partial charge in [-0.15, -0.1) is 11.3 Å². The Hall–Kier alpha value is -1.77. The summed E-state index contributed by atoms with van der Waals surface area (Å²) in [6.45, 7) is 7.94. The van der Waals surface area contributed by atoms with Crippen molar-refractivity contribution in [2.24, 2.45) is 0 Å². The first-order valence-electron chi connectivity index (χ1n) is 9.79. The molecule has 2 aliphatic rings. The molecule has 7 nitrogen and oxygen atoms in total. The number of hydrogen-bond acceptors (Lipinski definition) is 7. The van der Waals surface area contributed by atoms with E-state index in [1.54, 1.807) is 11.3 Å². The lowest BCUT2D eigenvalue weighted by molar-refractivity contribution is -0.136. The van der Waals surface area contributed by atoms with E-state index in [-0.39, 0.29) is 5.91 Å². The van der Waals surface area contributed by atoms with Gasteiger partial charge in [0.25, 0.3) is 0 Å². The van der Waals surface area contributed by atoms with Gasteiger partial charge in [0, 0.05) is 38.8 Å². The Labute approximate surface area is 163 Å². The van der Waals surface area contributed by atoms with Crippen molar-refractivity contribution < 1.29 is 9.32 Å². The predicted octanol–water partition coefficient (Wildman–Crippen LogP) is 2.32. The van der Waals surface area contributed by atoms with Gasteiger partial charge in [0.05, 0.1) is 18.0 Å². The van der Waals surface area contributed by atoms with E-state index in [9.17, 15) is 4.79 Å². The Kier molecular flexibility index (Phi) is 5.85. The van der Waals surface area contributed by atoms with Crippen molar-refractivity contribution in [1.29, 1.82) is 0 Å². The van der Waals surface area contributed by atoms with Gasteiger partial charge in [-0.1, -0.05) is 11.2 Å². The number of carbonyl (C=O) groups is 1. The van der Waals surface area contributed by atoms with Gasteiger partial charge in [-0.2, -0.15) is 4.98 Å². The number of thiophene rings is 1.